The number of aromatic hydroxyl groups is 1. The molecule has 0 aliphatic rings. The van der Waals surface area contributed by atoms with Gasteiger partial charge >= 0.3 is 5.69 Å². The quantitative estimate of drug-likeness (QED) is 0.231. The molecule has 0 saturated heterocycles. The molecular formula is C22H22N6O5. The van der Waals surface area contributed by atoms with Crippen LogP contribution < -0.4 is 21.4 Å². The van der Waals surface area contributed by atoms with E-state index in [0.29, 0.717) is 11.3 Å². The first kappa shape index (κ1) is 21.8. The Balaban J connectivity index is 1.64. The maximum Gasteiger partial charge on any atom is 0.329 e. The van der Waals surface area contributed by atoms with Crippen molar-refractivity contribution in [3.63, 3.8) is 0 Å². The molecule has 4 aromatic rings. The Morgan fingerprint density at radius 2 is 1.91 bits per heavy atom. The summed E-state index contributed by atoms with van der Waals surface area (Å²) < 4.78 is 8.21. The molecule has 0 unspecified atom stereocenters. The van der Waals surface area contributed by atoms with Gasteiger partial charge in [0.1, 0.15) is 24.2 Å². The highest BCUT2D eigenvalue weighted by Crippen LogP contribution is 2.18. The number of rotatable bonds is 8. The summed E-state index contributed by atoms with van der Waals surface area (Å²) in [6.07, 6.45) is 0.388. The fraction of sp³-hybridized carbons (Fsp3) is 0.182. The summed E-state index contributed by atoms with van der Waals surface area (Å²) in [5.74, 6) is 0.768. The van der Waals surface area contributed by atoms with Gasteiger partial charge in [-0.3, -0.25) is 14.3 Å². The van der Waals surface area contributed by atoms with E-state index in [-0.39, 0.29) is 36.0 Å². The van der Waals surface area contributed by atoms with Gasteiger partial charge in [-0.05, 0) is 24.3 Å². The Hall–Kier alpha value is -4.38. The Morgan fingerprint density at radius 3 is 2.67 bits per heavy atom. The number of fused-ring (bicyclic) bond motifs is 1. The summed E-state index contributed by atoms with van der Waals surface area (Å²) in [6.45, 7) is -0.0903. The van der Waals surface area contributed by atoms with E-state index in [4.69, 9.17) is 4.74 Å². The van der Waals surface area contributed by atoms with Gasteiger partial charge in [-0.2, -0.15) is 10.1 Å². The van der Waals surface area contributed by atoms with Gasteiger partial charge in [0, 0.05) is 12.6 Å². The molecule has 0 aliphatic carbocycles. The zero-order valence-corrected chi connectivity index (χ0v) is 17.7. The van der Waals surface area contributed by atoms with E-state index in [1.807, 2.05) is 18.2 Å². The van der Waals surface area contributed by atoms with Gasteiger partial charge in [0.15, 0.2) is 11.2 Å². The van der Waals surface area contributed by atoms with Gasteiger partial charge in [0.05, 0.1) is 12.8 Å². The molecule has 0 aliphatic heterocycles. The van der Waals surface area contributed by atoms with Crippen LogP contribution in [0.25, 0.3) is 11.2 Å². The lowest BCUT2D eigenvalue weighted by molar-refractivity contribution is 0.0938. The molecule has 2 aromatic carbocycles. The van der Waals surface area contributed by atoms with Crippen LogP contribution in [0.3, 0.4) is 0 Å². The molecule has 1 atom stereocenters. The number of nitrogens with one attached hydrogen (secondary N) is 2. The van der Waals surface area contributed by atoms with Crippen LogP contribution in [0.15, 0.2) is 69.3 Å². The molecule has 0 fully saturated rings. The fourth-order valence-corrected chi connectivity index (χ4v) is 3.23. The van der Waals surface area contributed by atoms with Crippen molar-refractivity contribution >= 4 is 23.3 Å². The van der Waals surface area contributed by atoms with Crippen LogP contribution in [0.1, 0.15) is 5.56 Å². The third-order valence-corrected chi connectivity index (χ3v) is 4.89. The Labute approximate surface area is 187 Å². The van der Waals surface area contributed by atoms with Crippen molar-refractivity contribution in [2.45, 2.75) is 12.6 Å². The normalized spacial score (nSPS) is 12.3. The van der Waals surface area contributed by atoms with E-state index >= 15 is 0 Å². The molecule has 0 bridgehead atoms. The molecule has 0 saturated carbocycles. The van der Waals surface area contributed by atoms with Crippen molar-refractivity contribution < 1.29 is 14.9 Å². The third kappa shape index (κ3) is 4.77. The Morgan fingerprint density at radius 1 is 1.18 bits per heavy atom. The van der Waals surface area contributed by atoms with E-state index in [0.717, 1.165) is 0 Å². The lowest BCUT2D eigenvalue weighted by Gasteiger charge is -2.15. The lowest BCUT2D eigenvalue weighted by Crippen LogP contribution is -2.30. The van der Waals surface area contributed by atoms with Gasteiger partial charge in [0.25, 0.3) is 5.56 Å². The van der Waals surface area contributed by atoms with Crippen molar-refractivity contribution in [3.05, 3.63) is 81.0 Å². The number of aromatic nitrogens is 4. The Kier molecular flexibility index (Phi) is 6.22. The number of H-pyrrole nitrogens is 1. The highest BCUT2D eigenvalue weighted by atomic mass is 16.5. The number of ether oxygens (including phenoxy) is 1. The van der Waals surface area contributed by atoms with E-state index < -0.39 is 17.4 Å². The van der Waals surface area contributed by atoms with Crippen LogP contribution in [-0.4, -0.2) is 48.2 Å². The number of benzene rings is 2. The number of nitrogens with zero attached hydrogens (tertiary/aromatic N) is 4. The van der Waals surface area contributed by atoms with Gasteiger partial charge in [-0.15, -0.1) is 0 Å². The van der Waals surface area contributed by atoms with Crippen LogP contribution in [0.5, 0.6) is 11.5 Å². The topological polar surface area (TPSA) is 147 Å². The van der Waals surface area contributed by atoms with Crippen molar-refractivity contribution in [3.8, 4) is 11.5 Å². The number of aliphatic hydroxyl groups is 1. The minimum atomic E-state index is -0.998. The highest BCUT2D eigenvalue weighted by Gasteiger charge is 2.20. The first-order valence-electron chi connectivity index (χ1n) is 10.1. The largest absolute Gasteiger partial charge is 0.507 e. The Bertz CT molecular complexity index is 1410. The number of phenolic OH excluding ortho intramolecular Hbond substituents is 1. The summed E-state index contributed by atoms with van der Waals surface area (Å²) in [4.78, 5) is 31.1. The number of aliphatic hydroxyl groups excluding tert-OH is 1. The zero-order valence-electron chi connectivity index (χ0n) is 17.7. The lowest BCUT2D eigenvalue weighted by atomic mass is 10.2. The maximum absolute atomic E-state index is 12.5. The number of hydrazone groups is 1. The van der Waals surface area contributed by atoms with E-state index in [1.165, 1.54) is 28.5 Å². The minimum absolute atomic E-state index is 0.0338. The van der Waals surface area contributed by atoms with Crippen molar-refractivity contribution in [1.82, 2.24) is 19.1 Å². The highest BCUT2D eigenvalue weighted by molar-refractivity contribution is 5.83. The predicted molar refractivity (Wildman–Crippen MR) is 123 cm³/mol. The van der Waals surface area contributed by atoms with Crippen LogP contribution in [-0.2, 0) is 13.6 Å². The number of aromatic amines is 1. The van der Waals surface area contributed by atoms with Gasteiger partial charge in [0.2, 0.25) is 5.95 Å². The molecule has 4 N–H and O–H groups in total. The second kappa shape index (κ2) is 9.40. The van der Waals surface area contributed by atoms with Crippen LogP contribution >= 0.6 is 0 Å². The van der Waals surface area contributed by atoms with Gasteiger partial charge < -0.3 is 19.5 Å². The smallest absolute Gasteiger partial charge is 0.329 e. The molecule has 0 radical (unpaired) electrons. The molecular weight excluding hydrogens is 428 g/mol. The number of hydrogen-bond donors (Lipinski definition) is 4. The minimum Gasteiger partial charge on any atom is -0.507 e. The molecule has 0 amide bonds. The molecule has 11 heteroatoms. The van der Waals surface area contributed by atoms with Gasteiger partial charge in [-0.25, -0.2) is 10.2 Å². The van der Waals surface area contributed by atoms with Crippen LogP contribution in [0.2, 0.25) is 0 Å². The zero-order chi connectivity index (χ0) is 23.4. The molecule has 170 valence electrons. The standard InChI is InChI=1S/C22H22N6O5/c1-27-19-18(20(31)25-22(27)32)28(12-15(29)13-33-16-8-3-2-4-9-16)21(24-19)26-23-11-14-7-5-6-10-17(14)30/h2-11,15,29-30H,12-13H2,1H3,(H,24,26)(H,25,31,32)/b23-11+/t15-/m0/s1. The number of imidazole rings is 1. The summed E-state index contributed by atoms with van der Waals surface area (Å²) in [5.41, 5.74) is 2.15. The number of aryl methyl sites for hydroxylation is 1. The monoisotopic (exact) mass is 450 g/mol. The molecule has 0 spiro atoms. The average molecular weight is 450 g/mol. The maximum atomic E-state index is 12.5. The molecule has 2 heterocycles. The summed E-state index contributed by atoms with van der Waals surface area (Å²) >= 11 is 0. The van der Waals surface area contributed by atoms with Crippen molar-refractivity contribution in [2.24, 2.45) is 12.1 Å². The second-order valence-corrected chi connectivity index (χ2v) is 7.24. The number of para-hydroxylation sites is 2. The third-order valence-electron chi connectivity index (χ3n) is 4.89. The second-order valence-electron chi connectivity index (χ2n) is 7.24. The first-order valence-corrected chi connectivity index (χ1v) is 10.1. The van der Waals surface area contributed by atoms with Crippen molar-refractivity contribution in [2.75, 3.05) is 12.0 Å². The summed E-state index contributed by atoms with van der Waals surface area (Å²) in [7, 11) is 1.47. The summed E-state index contributed by atoms with van der Waals surface area (Å²) in [6, 6.07) is 15.6. The number of anilines is 1. The molecule has 2 aromatic heterocycles. The SMILES string of the molecule is Cn1c(=O)[nH]c(=O)c2c1nc(N/N=C/c1ccccc1O)n2C[C@H](O)COc1ccccc1. The number of phenols is 1. The van der Waals surface area contributed by atoms with E-state index in [1.54, 1.807) is 30.3 Å². The molecule has 33 heavy (non-hydrogen) atoms. The van der Waals surface area contributed by atoms with Crippen LogP contribution in [0.4, 0.5) is 5.95 Å². The van der Waals surface area contributed by atoms with E-state index in [2.05, 4.69) is 20.5 Å². The summed E-state index contributed by atoms with van der Waals surface area (Å²) in [5, 5.41) is 24.5. The average Bonchev–Trinajstić information content (AvgIpc) is 3.17. The van der Waals surface area contributed by atoms with Crippen LogP contribution in [0, 0.1) is 0 Å². The molecule has 11 nitrogen and oxygen atoms in total. The van der Waals surface area contributed by atoms with E-state index in [9.17, 15) is 19.8 Å². The number of hydrogen-bond acceptors (Lipinski definition) is 8. The van der Waals surface area contributed by atoms with Crippen molar-refractivity contribution in [1.29, 1.82) is 0 Å². The fourth-order valence-electron chi connectivity index (χ4n) is 3.23. The predicted octanol–water partition coefficient (Wildman–Crippen LogP) is 1.01. The first-order chi connectivity index (χ1) is 15.9. The molecule has 4 rings (SSSR count). The van der Waals surface area contributed by atoms with Gasteiger partial charge in [-0.1, -0.05) is 30.3 Å².